The van der Waals surface area contributed by atoms with Crippen LogP contribution in [0, 0.1) is 13.8 Å². The number of nitrogens with zero attached hydrogens (tertiary/aromatic N) is 3. The highest BCUT2D eigenvalue weighted by Crippen LogP contribution is 2.30. The first-order valence-corrected chi connectivity index (χ1v) is 5.73. The molecule has 0 fully saturated rings. The van der Waals surface area contributed by atoms with Crippen molar-refractivity contribution < 1.29 is 4.63 Å². The van der Waals surface area contributed by atoms with E-state index in [1.54, 1.807) is 0 Å². The molecule has 0 aliphatic carbocycles. The number of anilines is 1. The Hall–Kier alpha value is -2.30. The van der Waals surface area contributed by atoms with E-state index in [0.717, 1.165) is 5.56 Å². The van der Waals surface area contributed by atoms with Crippen LogP contribution in [0.4, 0.5) is 5.82 Å². The molecule has 0 unspecified atom stereocenters. The van der Waals surface area contributed by atoms with Crippen LogP contribution in [-0.4, -0.2) is 14.9 Å². The first kappa shape index (κ1) is 10.8. The van der Waals surface area contributed by atoms with Crippen LogP contribution in [0.2, 0.25) is 0 Å². The number of hydrogen-bond acceptors (Lipinski definition) is 4. The molecule has 0 atom stereocenters. The predicted octanol–water partition coefficient (Wildman–Crippen LogP) is 2.43. The average Bonchev–Trinajstić information content (AvgIpc) is 2.89. The van der Waals surface area contributed by atoms with Crippen LogP contribution < -0.4 is 5.73 Å². The van der Waals surface area contributed by atoms with Crippen LogP contribution in [0.25, 0.3) is 22.2 Å². The average molecular weight is 242 g/mol. The fourth-order valence-corrected chi connectivity index (χ4v) is 2.30. The molecule has 5 heteroatoms. The van der Waals surface area contributed by atoms with Crippen molar-refractivity contribution in [2.45, 2.75) is 13.8 Å². The van der Waals surface area contributed by atoms with Gasteiger partial charge in [0, 0.05) is 29.2 Å². The van der Waals surface area contributed by atoms with Gasteiger partial charge in [-0.25, -0.2) is 4.63 Å². The van der Waals surface area contributed by atoms with Gasteiger partial charge < -0.3 is 10.3 Å². The molecule has 0 aliphatic rings. The van der Waals surface area contributed by atoms with E-state index in [9.17, 15) is 0 Å². The molecular formula is C13H14N4O. The Labute approximate surface area is 104 Å². The van der Waals surface area contributed by atoms with Crippen molar-refractivity contribution in [3.8, 4) is 11.3 Å². The smallest absolute Gasteiger partial charge is 0.196 e. The highest BCUT2D eigenvalue weighted by Gasteiger charge is 2.13. The molecule has 0 bridgehead atoms. The number of nitrogens with two attached hydrogens (primary N) is 1. The Morgan fingerprint density at radius 1 is 1.22 bits per heavy atom. The van der Waals surface area contributed by atoms with Gasteiger partial charge in [-0.05, 0) is 41.9 Å². The van der Waals surface area contributed by atoms with Crippen molar-refractivity contribution in [2.75, 3.05) is 5.73 Å². The van der Waals surface area contributed by atoms with Gasteiger partial charge in [0.1, 0.15) is 0 Å². The SMILES string of the molecule is Cc1c(C)n(C)c2ccc(-c3nonc3N)cc12. The second-order valence-electron chi connectivity index (χ2n) is 4.50. The van der Waals surface area contributed by atoms with Gasteiger partial charge in [-0.2, -0.15) is 0 Å². The number of rotatable bonds is 1. The maximum Gasteiger partial charge on any atom is 0.196 e. The molecule has 0 saturated heterocycles. The van der Waals surface area contributed by atoms with Crippen LogP contribution in [-0.2, 0) is 7.05 Å². The van der Waals surface area contributed by atoms with E-state index in [1.807, 2.05) is 6.07 Å². The lowest BCUT2D eigenvalue weighted by Crippen LogP contribution is -1.90. The molecule has 0 radical (unpaired) electrons. The van der Waals surface area contributed by atoms with Crippen LogP contribution >= 0.6 is 0 Å². The summed E-state index contributed by atoms with van der Waals surface area (Å²) >= 11 is 0. The summed E-state index contributed by atoms with van der Waals surface area (Å²) in [6.45, 7) is 4.23. The minimum atomic E-state index is 0.319. The lowest BCUT2D eigenvalue weighted by atomic mass is 10.1. The fraction of sp³-hybridized carbons (Fsp3) is 0.231. The zero-order valence-corrected chi connectivity index (χ0v) is 10.6. The highest BCUT2D eigenvalue weighted by molar-refractivity contribution is 5.90. The van der Waals surface area contributed by atoms with Gasteiger partial charge in [0.2, 0.25) is 0 Å². The van der Waals surface area contributed by atoms with Crippen molar-refractivity contribution in [3.05, 3.63) is 29.5 Å². The van der Waals surface area contributed by atoms with Crippen molar-refractivity contribution in [1.29, 1.82) is 0 Å². The summed E-state index contributed by atoms with van der Waals surface area (Å²) in [6, 6.07) is 6.13. The van der Waals surface area contributed by atoms with Gasteiger partial charge in [0.15, 0.2) is 11.5 Å². The highest BCUT2D eigenvalue weighted by atomic mass is 16.6. The van der Waals surface area contributed by atoms with Gasteiger partial charge in [-0.15, -0.1) is 0 Å². The summed E-state index contributed by atoms with van der Waals surface area (Å²) in [6.07, 6.45) is 0. The summed E-state index contributed by atoms with van der Waals surface area (Å²) in [5.41, 5.74) is 11.0. The summed E-state index contributed by atoms with van der Waals surface area (Å²) in [4.78, 5) is 0. The molecule has 0 aliphatic heterocycles. The van der Waals surface area contributed by atoms with E-state index < -0.39 is 0 Å². The molecule has 1 aromatic carbocycles. The minimum absolute atomic E-state index is 0.319. The van der Waals surface area contributed by atoms with E-state index in [0.29, 0.717) is 11.5 Å². The van der Waals surface area contributed by atoms with Crippen molar-refractivity contribution >= 4 is 16.7 Å². The number of aryl methyl sites for hydroxylation is 2. The predicted molar refractivity (Wildman–Crippen MR) is 70.1 cm³/mol. The van der Waals surface area contributed by atoms with Crippen LogP contribution in [0.5, 0.6) is 0 Å². The summed E-state index contributed by atoms with van der Waals surface area (Å²) in [5.74, 6) is 0.319. The third-order valence-corrected chi connectivity index (χ3v) is 3.60. The topological polar surface area (TPSA) is 69.9 Å². The van der Waals surface area contributed by atoms with Crippen LogP contribution in [0.3, 0.4) is 0 Å². The third kappa shape index (κ3) is 1.33. The molecule has 0 spiro atoms. The maximum absolute atomic E-state index is 5.72. The summed E-state index contributed by atoms with van der Waals surface area (Å²) in [5, 5.41) is 8.64. The van der Waals surface area contributed by atoms with Crippen molar-refractivity contribution in [1.82, 2.24) is 14.9 Å². The van der Waals surface area contributed by atoms with Crippen LogP contribution in [0.15, 0.2) is 22.8 Å². The Morgan fingerprint density at radius 2 is 2.00 bits per heavy atom. The normalized spacial score (nSPS) is 11.3. The van der Waals surface area contributed by atoms with E-state index in [4.69, 9.17) is 5.73 Å². The van der Waals surface area contributed by atoms with E-state index >= 15 is 0 Å². The van der Waals surface area contributed by atoms with E-state index in [2.05, 4.69) is 52.5 Å². The number of benzene rings is 1. The second kappa shape index (κ2) is 3.60. The standard InChI is InChI=1S/C13H14N4O/c1-7-8(2)17(3)11-5-4-9(6-10(7)11)12-13(14)16-18-15-12/h4-6H,1-3H3,(H2,14,16). The van der Waals surface area contributed by atoms with Gasteiger partial charge in [0.05, 0.1) is 0 Å². The molecule has 0 saturated carbocycles. The minimum Gasteiger partial charge on any atom is -0.379 e. The maximum atomic E-state index is 5.72. The van der Waals surface area contributed by atoms with E-state index in [-0.39, 0.29) is 0 Å². The largest absolute Gasteiger partial charge is 0.379 e. The Balaban J connectivity index is 2.29. The molecule has 18 heavy (non-hydrogen) atoms. The molecule has 3 rings (SSSR count). The number of hydrogen-bond donors (Lipinski definition) is 1. The van der Waals surface area contributed by atoms with Crippen LogP contribution in [0.1, 0.15) is 11.3 Å². The lowest BCUT2D eigenvalue weighted by Gasteiger charge is -2.00. The number of nitrogen functional groups attached to an aromatic ring is 1. The fourth-order valence-electron chi connectivity index (χ4n) is 2.30. The first-order chi connectivity index (χ1) is 8.59. The third-order valence-electron chi connectivity index (χ3n) is 3.60. The Morgan fingerprint density at radius 3 is 2.67 bits per heavy atom. The first-order valence-electron chi connectivity index (χ1n) is 5.73. The summed E-state index contributed by atoms with van der Waals surface area (Å²) in [7, 11) is 2.07. The molecule has 0 amide bonds. The molecule has 2 heterocycles. The molecule has 5 nitrogen and oxygen atoms in total. The van der Waals surface area contributed by atoms with Gasteiger partial charge in [-0.1, -0.05) is 6.07 Å². The lowest BCUT2D eigenvalue weighted by molar-refractivity contribution is 0.310. The zero-order valence-electron chi connectivity index (χ0n) is 10.6. The zero-order chi connectivity index (χ0) is 12.9. The molecule has 3 aromatic rings. The van der Waals surface area contributed by atoms with Crippen molar-refractivity contribution in [3.63, 3.8) is 0 Å². The number of aromatic nitrogens is 3. The van der Waals surface area contributed by atoms with E-state index in [1.165, 1.54) is 22.2 Å². The quantitative estimate of drug-likeness (QED) is 0.711. The van der Waals surface area contributed by atoms with Gasteiger partial charge in [0.25, 0.3) is 0 Å². The molecular weight excluding hydrogens is 228 g/mol. The monoisotopic (exact) mass is 242 g/mol. The second-order valence-corrected chi connectivity index (χ2v) is 4.50. The van der Waals surface area contributed by atoms with Gasteiger partial charge in [-0.3, -0.25) is 0 Å². The Kier molecular flexibility index (Phi) is 2.16. The molecule has 92 valence electrons. The molecule has 2 aromatic heterocycles. The Bertz CT molecular complexity index is 739. The number of fused-ring (bicyclic) bond motifs is 1. The molecule has 2 N–H and O–H groups in total. The summed E-state index contributed by atoms with van der Waals surface area (Å²) < 4.78 is 6.82. The van der Waals surface area contributed by atoms with Crippen molar-refractivity contribution in [2.24, 2.45) is 7.05 Å². The van der Waals surface area contributed by atoms with Gasteiger partial charge >= 0.3 is 0 Å².